The van der Waals surface area contributed by atoms with E-state index in [0.29, 0.717) is 6.04 Å². The maximum Gasteiger partial charge on any atom is 0.0270 e. The van der Waals surface area contributed by atoms with Gasteiger partial charge in [-0.2, -0.15) is 0 Å². The van der Waals surface area contributed by atoms with E-state index < -0.39 is 0 Å². The van der Waals surface area contributed by atoms with Crippen molar-refractivity contribution in [3.63, 3.8) is 0 Å². The van der Waals surface area contributed by atoms with Gasteiger partial charge in [0.2, 0.25) is 0 Å². The fourth-order valence-corrected chi connectivity index (χ4v) is 3.07. The molecule has 0 aliphatic heterocycles. The molecule has 0 saturated carbocycles. The number of aromatic nitrogens is 1. The fourth-order valence-electron chi connectivity index (χ4n) is 1.95. The highest BCUT2D eigenvalue weighted by molar-refractivity contribution is 7.99. The van der Waals surface area contributed by atoms with E-state index in [-0.39, 0.29) is 0 Å². The second-order valence-electron chi connectivity index (χ2n) is 4.67. The second-order valence-corrected chi connectivity index (χ2v) is 5.77. The number of benzene rings is 1. The van der Waals surface area contributed by atoms with Crippen molar-refractivity contribution in [3.8, 4) is 0 Å². The van der Waals surface area contributed by atoms with E-state index in [2.05, 4.69) is 53.6 Å². The number of pyridine rings is 1. The van der Waals surface area contributed by atoms with Gasteiger partial charge in [0, 0.05) is 29.1 Å². The van der Waals surface area contributed by atoms with Crippen molar-refractivity contribution >= 4 is 11.8 Å². The van der Waals surface area contributed by atoms with Crippen LogP contribution >= 0.6 is 11.8 Å². The van der Waals surface area contributed by atoms with Crippen molar-refractivity contribution in [2.24, 2.45) is 0 Å². The molecule has 1 unspecified atom stereocenters. The summed E-state index contributed by atoms with van der Waals surface area (Å²) in [5.41, 5.74) is 2.65. The highest BCUT2D eigenvalue weighted by Crippen LogP contribution is 2.20. The average Bonchev–Trinajstić information content (AvgIpc) is 2.44. The molecule has 0 aliphatic carbocycles. The summed E-state index contributed by atoms with van der Waals surface area (Å²) >= 11 is 1.91. The van der Waals surface area contributed by atoms with Crippen LogP contribution in [0.4, 0.5) is 0 Å². The molecule has 0 spiro atoms. The van der Waals surface area contributed by atoms with Gasteiger partial charge in [-0.05, 0) is 50.2 Å². The fraction of sp³-hybridized carbons (Fsp3) is 0.312. The number of hydrogen-bond donors (Lipinski definition) is 1. The summed E-state index contributed by atoms with van der Waals surface area (Å²) in [4.78, 5) is 5.40. The Balaban J connectivity index is 1.89. The standard InChI is InChI=1S/C16H20N2S/c1-13-4-3-5-16(10-13)19-12-15(17-2)11-14-6-8-18-9-7-14/h3-10,15,17H,11-12H2,1-2H3. The highest BCUT2D eigenvalue weighted by Gasteiger charge is 2.08. The Bertz CT molecular complexity index is 499. The van der Waals surface area contributed by atoms with Crippen molar-refractivity contribution in [1.82, 2.24) is 10.3 Å². The van der Waals surface area contributed by atoms with Crippen LogP contribution in [-0.4, -0.2) is 23.8 Å². The molecule has 0 saturated heterocycles. The first-order chi connectivity index (χ1) is 9.28. The molecule has 2 aromatic rings. The van der Waals surface area contributed by atoms with Gasteiger partial charge in [-0.3, -0.25) is 4.98 Å². The first kappa shape index (κ1) is 14.1. The lowest BCUT2D eigenvalue weighted by atomic mass is 10.1. The molecule has 0 aliphatic rings. The molecule has 0 radical (unpaired) electrons. The predicted octanol–water partition coefficient (Wildman–Crippen LogP) is 3.31. The molecule has 1 heterocycles. The molecule has 1 N–H and O–H groups in total. The Kier molecular flexibility index (Phi) is 5.43. The Labute approximate surface area is 119 Å². The number of nitrogens with one attached hydrogen (secondary N) is 1. The predicted molar refractivity (Wildman–Crippen MR) is 82.7 cm³/mol. The third-order valence-electron chi connectivity index (χ3n) is 3.08. The Morgan fingerprint density at radius 3 is 2.68 bits per heavy atom. The van der Waals surface area contributed by atoms with Crippen LogP contribution in [0.3, 0.4) is 0 Å². The average molecular weight is 272 g/mol. The van der Waals surface area contributed by atoms with Gasteiger partial charge in [-0.1, -0.05) is 17.7 Å². The number of rotatable bonds is 6. The smallest absolute Gasteiger partial charge is 0.0270 e. The van der Waals surface area contributed by atoms with Crippen molar-refractivity contribution in [2.75, 3.05) is 12.8 Å². The number of aryl methyl sites for hydroxylation is 1. The molecule has 2 nitrogen and oxygen atoms in total. The largest absolute Gasteiger partial charge is 0.316 e. The Hall–Kier alpha value is -1.32. The summed E-state index contributed by atoms with van der Waals surface area (Å²) < 4.78 is 0. The van der Waals surface area contributed by atoms with Gasteiger partial charge < -0.3 is 5.32 Å². The summed E-state index contributed by atoms with van der Waals surface area (Å²) in [6.45, 7) is 2.14. The Morgan fingerprint density at radius 2 is 2.00 bits per heavy atom. The number of hydrogen-bond acceptors (Lipinski definition) is 3. The minimum Gasteiger partial charge on any atom is -0.316 e. The molecule has 1 aromatic carbocycles. The minimum atomic E-state index is 0.480. The summed E-state index contributed by atoms with van der Waals surface area (Å²) in [7, 11) is 2.03. The summed E-state index contributed by atoms with van der Waals surface area (Å²) in [6, 6.07) is 13.3. The van der Waals surface area contributed by atoms with Gasteiger partial charge in [-0.15, -0.1) is 11.8 Å². The number of nitrogens with zero attached hydrogens (tertiary/aromatic N) is 1. The third kappa shape index (κ3) is 4.69. The SMILES string of the molecule is CNC(CSc1cccc(C)c1)Cc1ccncc1. The topological polar surface area (TPSA) is 24.9 Å². The van der Waals surface area contributed by atoms with Crippen molar-refractivity contribution in [1.29, 1.82) is 0 Å². The summed E-state index contributed by atoms with van der Waals surface area (Å²) in [6.07, 6.45) is 4.75. The van der Waals surface area contributed by atoms with Gasteiger partial charge in [0.25, 0.3) is 0 Å². The monoisotopic (exact) mass is 272 g/mol. The van der Waals surface area contributed by atoms with E-state index in [1.54, 1.807) is 0 Å². The minimum absolute atomic E-state index is 0.480. The highest BCUT2D eigenvalue weighted by atomic mass is 32.2. The molecule has 1 aromatic heterocycles. The maximum absolute atomic E-state index is 4.06. The maximum atomic E-state index is 4.06. The lowest BCUT2D eigenvalue weighted by Gasteiger charge is -2.16. The Morgan fingerprint density at radius 1 is 1.21 bits per heavy atom. The lowest BCUT2D eigenvalue weighted by molar-refractivity contribution is 0.617. The number of likely N-dealkylation sites (N-methyl/N-ethyl adjacent to an activating group) is 1. The van der Waals surface area contributed by atoms with E-state index in [9.17, 15) is 0 Å². The normalized spacial score (nSPS) is 12.3. The van der Waals surface area contributed by atoms with Crippen LogP contribution in [0.25, 0.3) is 0 Å². The zero-order valence-electron chi connectivity index (χ0n) is 11.5. The van der Waals surface area contributed by atoms with Crippen LogP contribution < -0.4 is 5.32 Å². The zero-order valence-corrected chi connectivity index (χ0v) is 12.3. The van der Waals surface area contributed by atoms with Crippen LogP contribution in [0, 0.1) is 6.92 Å². The van der Waals surface area contributed by atoms with Gasteiger partial charge in [0.15, 0.2) is 0 Å². The molecule has 1 atom stereocenters. The quantitative estimate of drug-likeness (QED) is 0.817. The molecule has 3 heteroatoms. The third-order valence-corrected chi connectivity index (χ3v) is 4.24. The van der Waals surface area contributed by atoms with E-state index in [0.717, 1.165) is 12.2 Å². The first-order valence-corrected chi connectivity index (χ1v) is 7.52. The molecule has 0 fully saturated rings. The van der Waals surface area contributed by atoms with Crippen molar-refractivity contribution in [3.05, 3.63) is 59.9 Å². The van der Waals surface area contributed by atoms with E-state index in [4.69, 9.17) is 0 Å². The molecule has 0 bridgehead atoms. The van der Waals surface area contributed by atoms with Crippen molar-refractivity contribution in [2.45, 2.75) is 24.3 Å². The molecular weight excluding hydrogens is 252 g/mol. The van der Waals surface area contributed by atoms with Crippen LogP contribution in [0.5, 0.6) is 0 Å². The van der Waals surface area contributed by atoms with Crippen LogP contribution in [0.1, 0.15) is 11.1 Å². The van der Waals surface area contributed by atoms with Crippen LogP contribution in [0.2, 0.25) is 0 Å². The first-order valence-electron chi connectivity index (χ1n) is 6.53. The van der Waals surface area contributed by atoms with Gasteiger partial charge in [0.05, 0.1) is 0 Å². The summed E-state index contributed by atoms with van der Waals surface area (Å²) in [5, 5.41) is 3.39. The van der Waals surface area contributed by atoms with Gasteiger partial charge in [0.1, 0.15) is 0 Å². The molecule has 19 heavy (non-hydrogen) atoms. The van der Waals surface area contributed by atoms with Crippen LogP contribution in [-0.2, 0) is 6.42 Å². The lowest BCUT2D eigenvalue weighted by Crippen LogP contribution is -2.30. The molecule has 100 valence electrons. The zero-order chi connectivity index (χ0) is 13.5. The molecule has 2 rings (SSSR count). The molecular formula is C16H20N2S. The van der Waals surface area contributed by atoms with E-state index in [1.165, 1.54) is 16.0 Å². The van der Waals surface area contributed by atoms with Crippen molar-refractivity contribution < 1.29 is 0 Å². The summed E-state index contributed by atoms with van der Waals surface area (Å²) in [5.74, 6) is 1.07. The molecule has 0 amide bonds. The van der Waals surface area contributed by atoms with Gasteiger partial charge >= 0.3 is 0 Å². The van der Waals surface area contributed by atoms with Crippen LogP contribution in [0.15, 0.2) is 53.7 Å². The van der Waals surface area contributed by atoms with E-state index in [1.807, 2.05) is 31.2 Å². The van der Waals surface area contributed by atoms with E-state index >= 15 is 0 Å². The second kappa shape index (κ2) is 7.31. The van der Waals surface area contributed by atoms with Gasteiger partial charge in [-0.25, -0.2) is 0 Å². The number of thioether (sulfide) groups is 1.